The number of rotatable bonds is 7. The number of hydrogen-bond acceptors (Lipinski definition) is 1. The van der Waals surface area contributed by atoms with Crippen molar-refractivity contribution in [1.29, 1.82) is 0 Å². The van der Waals surface area contributed by atoms with Crippen molar-refractivity contribution in [2.45, 2.75) is 59.9 Å². The smallest absolute Gasteiger partial charge is 0.00669 e. The van der Waals surface area contributed by atoms with Gasteiger partial charge in [0, 0.05) is 6.04 Å². The normalized spacial score (nSPS) is 16.2. The molecule has 80 valence electrons. The molecule has 0 aliphatic rings. The lowest BCUT2D eigenvalue weighted by atomic mass is 9.89. The van der Waals surface area contributed by atoms with Crippen molar-refractivity contribution >= 4 is 0 Å². The van der Waals surface area contributed by atoms with E-state index >= 15 is 0 Å². The summed E-state index contributed by atoms with van der Waals surface area (Å²) < 4.78 is 0. The summed E-state index contributed by atoms with van der Waals surface area (Å²) in [6.07, 6.45) is 3.90. The minimum atomic E-state index is 0.687. The van der Waals surface area contributed by atoms with E-state index in [0.717, 1.165) is 18.4 Å². The molecule has 0 aromatic rings. The van der Waals surface area contributed by atoms with Crippen LogP contribution in [0.4, 0.5) is 0 Å². The Hall–Kier alpha value is -0.0400. The fraction of sp³-hybridized carbons (Fsp3) is 1.00. The van der Waals surface area contributed by atoms with Crippen molar-refractivity contribution in [2.75, 3.05) is 6.54 Å². The molecule has 0 saturated carbocycles. The first kappa shape index (κ1) is 13.0. The molecule has 0 radical (unpaired) electrons. The van der Waals surface area contributed by atoms with Gasteiger partial charge in [-0.2, -0.15) is 0 Å². The van der Waals surface area contributed by atoms with Gasteiger partial charge in [0.05, 0.1) is 0 Å². The van der Waals surface area contributed by atoms with E-state index in [2.05, 4.69) is 39.9 Å². The third-order valence-electron chi connectivity index (χ3n) is 2.72. The largest absolute Gasteiger partial charge is 0.314 e. The van der Waals surface area contributed by atoms with Crippen LogP contribution in [0.15, 0.2) is 0 Å². The van der Waals surface area contributed by atoms with Crippen molar-refractivity contribution in [1.82, 2.24) is 5.32 Å². The molecule has 2 unspecified atom stereocenters. The van der Waals surface area contributed by atoms with Gasteiger partial charge in [-0.05, 0) is 38.1 Å². The fourth-order valence-corrected chi connectivity index (χ4v) is 1.87. The average molecular weight is 185 g/mol. The van der Waals surface area contributed by atoms with Gasteiger partial charge in [0.15, 0.2) is 0 Å². The SMILES string of the molecule is CCCNC(C)C(CC)CC(C)C. The summed E-state index contributed by atoms with van der Waals surface area (Å²) in [5, 5.41) is 3.59. The highest BCUT2D eigenvalue weighted by atomic mass is 14.9. The van der Waals surface area contributed by atoms with Gasteiger partial charge in [0.25, 0.3) is 0 Å². The second kappa shape index (κ2) is 7.37. The van der Waals surface area contributed by atoms with Crippen LogP contribution in [0.25, 0.3) is 0 Å². The molecule has 0 spiro atoms. The maximum atomic E-state index is 3.59. The first-order valence-electron chi connectivity index (χ1n) is 5.85. The van der Waals surface area contributed by atoms with Gasteiger partial charge < -0.3 is 5.32 Å². The lowest BCUT2D eigenvalue weighted by molar-refractivity contribution is 0.309. The van der Waals surface area contributed by atoms with Crippen LogP contribution in [-0.2, 0) is 0 Å². The zero-order valence-corrected chi connectivity index (χ0v) is 10.1. The fourth-order valence-electron chi connectivity index (χ4n) is 1.87. The highest BCUT2D eigenvalue weighted by molar-refractivity contribution is 4.72. The quantitative estimate of drug-likeness (QED) is 0.640. The Morgan fingerprint density at radius 2 is 1.69 bits per heavy atom. The molecule has 0 amide bonds. The third-order valence-corrected chi connectivity index (χ3v) is 2.72. The molecular formula is C12H27N. The summed E-state index contributed by atoms with van der Waals surface area (Å²) in [4.78, 5) is 0. The van der Waals surface area contributed by atoms with Gasteiger partial charge in [-0.3, -0.25) is 0 Å². The Kier molecular flexibility index (Phi) is 7.35. The minimum Gasteiger partial charge on any atom is -0.314 e. The summed E-state index contributed by atoms with van der Waals surface area (Å²) in [5.74, 6) is 1.68. The molecule has 0 saturated heterocycles. The highest BCUT2D eigenvalue weighted by Gasteiger charge is 2.15. The molecule has 2 atom stereocenters. The van der Waals surface area contributed by atoms with E-state index in [1.54, 1.807) is 0 Å². The minimum absolute atomic E-state index is 0.687. The Morgan fingerprint density at radius 1 is 1.08 bits per heavy atom. The van der Waals surface area contributed by atoms with E-state index in [1.807, 2.05) is 0 Å². The first-order chi connectivity index (χ1) is 6.11. The van der Waals surface area contributed by atoms with Crippen molar-refractivity contribution in [2.24, 2.45) is 11.8 Å². The van der Waals surface area contributed by atoms with Crippen LogP contribution in [0, 0.1) is 11.8 Å². The monoisotopic (exact) mass is 185 g/mol. The molecule has 0 aliphatic carbocycles. The van der Waals surface area contributed by atoms with Crippen molar-refractivity contribution < 1.29 is 0 Å². The molecule has 13 heavy (non-hydrogen) atoms. The highest BCUT2D eigenvalue weighted by Crippen LogP contribution is 2.18. The predicted molar refractivity (Wildman–Crippen MR) is 61.0 cm³/mol. The zero-order valence-electron chi connectivity index (χ0n) is 10.1. The Morgan fingerprint density at radius 3 is 2.08 bits per heavy atom. The maximum Gasteiger partial charge on any atom is 0.00669 e. The molecule has 0 fully saturated rings. The van der Waals surface area contributed by atoms with Crippen molar-refractivity contribution in [3.63, 3.8) is 0 Å². The first-order valence-corrected chi connectivity index (χ1v) is 5.85. The second-order valence-corrected chi connectivity index (χ2v) is 4.54. The molecule has 0 heterocycles. The summed E-state index contributed by atoms with van der Waals surface area (Å²) in [6, 6.07) is 0.687. The maximum absolute atomic E-state index is 3.59. The Labute approximate surface area is 84.3 Å². The van der Waals surface area contributed by atoms with E-state index in [1.165, 1.54) is 19.3 Å². The summed E-state index contributed by atoms with van der Waals surface area (Å²) in [5.41, 5.74) is 0. The van der Waals surface area contributed by atoms with E-state index < -0.39 is 0 Å². The van der Waals surface area contributed by atoms with Crippen LogP contribution in [0.1, 0.15) is 53.9 Å². The molecule has 0 bridgehead atoms. The summed E-state index contributed by atoms with van der Waals surface area (Å²) in [7, 11) is 0. The Bertz CT molecular complexity index is 110. The van der Waals surface area contributed by atoms with Crippen molar-refractivity contribution in [3.8, 4) is 0 Å². The van der Waals surface area contributed by atoms with Gasteiger partial charge >= 0.3 is 0 Å². The zero-order chi connectivity index (χ0) is 10.3. The molecule has 1 heteroatoms. The van der Waals surface area contributed by atoms with Crippen LogP contribution >= 0.6 is 0 Å². The Balaban J connectivity index is 3.77. The van der Waals surface area contributed by atoms with E-state index in [-0.39, 0.29) is 0 Å². The predicted octanol–water partition coefficient (Wildman–Crippen LogP) is 3.45. The van der Waals surface area contributed by atoms with Gasteiger partial charge in [-0.15, -0.1) is 0 Å². The molecular weight excluding hydrogens is 158 g/mol. The summed E-state index contributed by atoms with van der Waals surface area (Å²) in [6.45, 7) is 12.6. The van der Waals surface area contributed by atoms with E-state index in [0.29, 0.717) is 6.04 Å². The molecule has 1 N–H and O–H groups in total. The number of hydrogen-bond donors (Lipinski definition) is 1. The van der Waals surface area contributed by atoms with Crippen LogP contribution in [0.5, 0.6) is 0 Å². The standard InChI is InChI=1S/C12H27N/c1-6-8-13-11(5)12(7-2)9-10(3)4/h10-13H,6-9H2,1-5H3. The van der Waals surface area contributed by atoms with Crippen LogP contribution in [0.3, 0.4) is 0 Å². The van der Waals surface area contributed by atoms with Crippen molar-refractivity contribution in [3.05, 3.63) is 0 Å². The summed E-state index contributed by atoms with van der Waals surface area (Å²) >= 11 is 0. The van der Waals surface area contributed by atoms with Crippen LogP contribution in [0.2, 0.25) is 0 Å². The van der Waals surface area contributed by atoms with E-state index in [4.69, 9.17) is 0 Å². The molecule has 0 rings (SSSR count). The average Bonchev–Trinajstić information content (AvgIpc) is 2.09. The third kappa shape index (κ3) is 6.09. The molecule has 0 aromatic heterocycles. The molecule has 0 aromatic carbocycles. The topological polar surface area (TPSA) is 12.0 Å². The molecule has 1 nitrogen and oxygen atoms in total. The second-order valence-electron chi connectivity index (χ2n) is 4.54. The van der Waals surface area contributed by atoms with Crippen LogP contribution in [-0.4, -0.2) is 12.6 Å². The lowest BCUT2D eigenvalue weighted by Gasteiger charge is -2.25. The van der Waals surface area contributed by atoms with Gasteiger partial charge in [-0.1, -0.05) is 34.1 Å². The lowest BCUT2D eigenvalue weighted by Crippen LogP contribution is -2.34. The van der Waals surface area contributed by atoms with Gasteiger partial charge in [0.1, 0.15) is 0 Å². The van der Waals surface area contributed by atoms with Crippen LogP contribution < -0.4 is 5.32 Å². The molecule has 0 aliphatic heterocycles. The van der Waals surface area contributed by atoms with Gasteiger partial charge in [0.2, 0.25) is 0 Å². The number of nitrogens with one attached hydrogen (secondary N) is 1. The van der Waals surface area contributed by atoms with Gasteiger partial charge in [-0.25, -0.2) is 0 Å². The van der Waals surface area contributed by atoms with E-state index in [9.17, 15) is 0 Å².